The Morgan fingerprint density at radius 3 is 2.00 bits per heavy atom. The summed E-state index contributed by atoms with van der Waals surface area (Å²) in [6, 6.07) is 0. The Labute approximate surface area is 79.8 Å². The van der Waals surface area contributed by atoms with Crippen LogP contribution in [0.1, 0.15) is 20.8 Å². The quantitative estimate of drug-likeness (QED) is 0.582. The molecule has 0 nitrogen and oxygen atoms in total. The fourth-order valence-electron chi connectivity index (χ4n) is 0.708. The van der Waals surface area contributed by atoms with Crippen LogP contribution in [0.2, 0.25) is 0 Å². The molecule has 0 spiro atoms. The second-order valence-corrected chi connectivity index (χ2v) is 3.34. The van der Waals surface area contributed by atoms with Gasteiger partial charge < -0.3 is 0 Å². The summed E-state index contributed by atoms with van der Waals surface area (Å²) in [5.74, 6) is 0. The average Bonchev–Trinajstić information content (AvgIpc) is 2.12. The normalized spacial score (nSPS) is 13.9. The molecule has 1 heteroatoms. The van der Waals surface area contributed by atoms with E-state index in [4.69, 9.17) is 0 Å². The number of hydrogen-bond acceptors (Lipinski definition) is 1. The largest absolute Gasteiger partial charge is 0.0980 e. The monoisotopic (exact) mass is 180 g/mol. The third-order valence-corrected chi connectivity index (χ3v) is 2.58. The summed E-state index contributed by atoms with van der Waals surface area (Å²) in [4.78, 5) is 2.45. The van der Waals surface area contributed by atoms with Crippen LogP contribution in [0.15, 0.2) is 46.8 Å². The molecule has 0 amide bonds. The Balaban J connectivity index is 4.31. The van der Waals surface area contributed by atoms with Crippen LogP contribution in [0.3, 0.4) is 0 Å². The predicted octanol–water partition coefficient (Wildman–Crippen LogP) is 4.29. The first-order valence-electron chi connectivity index (χ1n) is 4.04. The predicted molar refractivity (Wildman–Crippen MR) is 60.1 cm³/mol. The molecule has 0 unspecified atom stereocenters. The lowest BCUT2D eigenvalue weighted by atomic mass is 10.4. The second kappa shape index (κ2) is 6.99. The third kappa shape index (κ3) is 4.24. The second-order valence-electron chi connectivity index (χ2n) is 2.19. The summed E-state index contributed by atoms with van der Waals surface area (Å²) in [5, 5.41) is 0. The lowest BCUT2D eigenvalue weighted by Gasteiger charge is -2.00. The number of rotatable bonds is 4. The van der Waals surface area contributed by atoms with Gasteiger partial charge in [-0.15, -0.1) is 0 Å². The van der Waals surface area contributed by atoms with Crippen molar-refractivity contribution in [3.63, 3.8) is 0 Å². The fourth-order valence-corrected chi connectivity index (χ4v) is 1.50. The van der Waals surface area contributed by atoms with Crippen molar-refractivity contribution >= 4 is 11.8 Å². The van der Waals surface area contributed by atoms with Crippen molar-refractivity contribution in [1.29, 1.82) is 0 Å². The smallest absolute Gasteiger partial charge is 0.00758 e. The Morgan fingerprint density at radius 1 is 1.08 bits per heavy atom. The van der Waals surface area contributed by atoms with Crippen LogP contribution in [0, 0.1) is 0 Å². The zero-order valence-corrected chi connectivity index (χ0v) is 8.82. The van der Waals surface area contributed by atoms with E-state index in [1.54, 1.807) is 11.8 Å². The number of allylic oxidation sites excluding steroid dienone is 5. The van der Waals surface area contributed by atoms with Gasteiger partial charge in [-0.3, -0.25) is 0 Å². The van der Waals surface area contributed by atoms with Crippen molar-refractivity contribution in [2.75, 3.05) is 0 Å². The van der Waals surface area contributed by atoms with Crippen molar-refractivity contribution in [2.24, 2.45) is 0 Å². The number of hydrogen-bond donors (Lipinski definition) is 0. The van der Waals surface area contributed by atoms with Crippen molar-refractivity contribution < 1.29 is 0 Å². The minimum absolute atomic E-state index is 1.20. The fraction of sp³-hybridized carbons (Fsp3) is 0.273. The highest BCUT2D eigenvalue weighted by Gasteiger charge is 1.93. The first-order valence-corrected chi connectivity index (χ1v) is 4.85. The first-order chi connectivity index (χ1) is 5.78. The van der Waals surface area contributed by atoms with E-state index in [1.165, 1.54) is 9.81 Å². The molecule has 12 heavy (non-hydrogen) atoms. The molecule has 0 rings (SSSR count). The van der Waals surface area contributed by atoms with Gasteiger partial charge in [-0.2, -0.15) is 0 Å². The Morgan fingerprint density at radius 2 is 1.67 bits per heavy atom. The van der Waals surface area contributed by atoms with Crippen molar-refractivity contribution in [2.45, 2.75) is 20.8 Å². The van der Waals surface area contributed by atoms with Gasteiger partial charge in [0.1, 0.15) is 0 Å². The van der Waals surface area contributed by atoms with E-state index < -0.39 is 0 Å². The molecule has 66 valence electrons. The third-order valence-electron chi connectivity index (χ3n) is 1.34. The van der Waals surface area contributed by atoms with Crippen LogP contribution in [-0.4, -0.2) is 0 Å². The molecule has 0 heterocycles. The van der Waals surface area contributed by atoms with E-state index in [9.17, 15) is 0 Å². The molecule has 0 saturated carbocycles. The zero-order chi connectivity index (χ0) is 9.40. The molecule has 0 atom stereocenters. The molecule has 0 aromatic heterocycles. The Bertz CT molecular complexity index is 219. The van der Waals surface area contributed by atoms with Gasteiger partial charge in [-0.05, 0) is 20.8 Å². The van der Waals surface area contributed by atoms with Crippen LogP contribution in [0.25, 0.3) is 0 Å². The molecule has 0 aliphatic heterocycles. The average molecular weight is 180 g/mol. The SMILES string of the molecule is C=C/C(=C\C)SC(/C=C\C)=C/C. The Kier molecular flexibility index (Phi) is 6.58. The summed E-state index contributed by atoms with van der Waals surface area (Å²) >= 11 is 1.73. The maximum atomic E-state index is 3.74. The highest BCUT2D eigenvalue weighted by molar-refractivity contribution is 8.07. The van der Waals surface area contributed by atoms with Crippen molar-refractivity contribution in [3.8, 4) is 0 Å². The summed E-state index contributed by atoms with van der Waals surface area (Å²) in [6.07, 6.45) is 10.2. The van der Waals surface area contributed by atoms with Gasteiger partial charge in [0.2, 0.25) is 0 Å². The zero-order valence-electron chi connectivity index (χ0n) is 8.00. The maximum Gasteiger partial charge on any atom is 0.00758 e. The molecule has 0 bridgehead atoms. The van der Waals surface area contributed by atoms with E-state index in [0.717, 1.165) is 0 Å². The van der Waals surface area contributed by atoms with Gasteiger partial charge in [0.25, 0.3) is 0 Å². The van der Waals surface area contributed by atoms with Crippen LogP contribution in [0.4, 0.5) is 0 Å². The van der Waals surface area contributed by atoms with Crippen LogP contribution in [-0.2, 0) is 0 Å². The van der Waals surface area contributed by atoms with E-state index >= 15 is 0 Å². The minimum atomic E-state index is 1.20. The minimum Gasteiger partial charge on any atom is -0.0980 e. The van der Waals surface area contributed by atoms with Gasteiger partial charge in [-0.1, -0.05) is 48.7 Å². The molecule has 0 aliphatic rings. The van der Waals surface area contributed by atoms with Gasteiger partial charge in [0, 0.05) is 9.81 Å². The topological polar surface area (TPSA) is 0 Å². The maximum absolute atomic E-state index is 3.74. The first kappa shape index (κ1) is 11.3. The molecule has 0 N–H and O–H groups in total. The van der Waals surface area contributed by atoms with Gasteiger partial charge >= 0.3 is 0 Å². The van der Waals surface area contributed by atoms with Crippen LogP contribution >= 0.6 is 11.8 Å². The van der Waals surface area contributed by atoms with E-state index in [1.807, 2.05) is 32.9 Å². The summed E-state index contributed by atoms with van der Waals surface area (Å²) in [5.41, 5.74) is 0. The lowest BCUT2D eigenvalue weighted by molar-refractivity contribution is 1.65. The molecule has 0 radical (unpaired) electrons. The van der Waals surface area contributed by atoms with Crippen LogP contribution in [0.5, 0.6) is 0 Å². The molecule has 0 fully saturated rings. The highest BCUT2D eigenvalue weighted by Crippen LogP contribution is 2.26. The van der Waals surface area contributed by atoms with E-state index in [-0.39, 0.29) is 0 Å². The van der Waals surface area contributed by atoms with Gasteiger partial charge in [0.15, 0.2) is 0 Å². The highest BCUT2D eigenvalue weighted by atomic mass is 32.2. The van der Waals surface area contributed by atoms with Gasteiger partial charge in [-0.25, -0.2) is 0 Å². The van der Waals surface area contributed by atoms with Crippen LogP contribution < -0.4 is 0 Å². The molecule has 0 aliphatic carbocycles. The standard InChI is InChI=1S/C11H16S/c1-5-9-11(8-4)12-10(6-2)7-3/h5-9H,2H2,1,3-4H3/b9-5-,10-7+,11-8+. The molecule has 0 saturated heterocycles. The van der Waals surface area contributed by atoms with E-state index in [2.05, 4.69) is 24.8 Å². The molecular weight excluding hydrogens is 164 g/mol. The van der Waals surface area contributed by atoms with Gasteiger partial charge in [0.05, 0.1) is 0 Å². The lowest BCUT2D eigenvalue weighted by Crippen LogP contribution is -1.71. The van der Waals surface area contributed by atoms with Crippen molar-refractivity contribution in [1.82, 2.24) is 0 Å². The Hall–Kier alpha value is -0.690. The number of thioether (sulfide) groups is 1. The molecular formula is C11H16S. The summed E-state index contributed by atoms with van der Waals surface area (Å²) < 4.78 is 0. The van der Waals surface area contributed by atoms with Crippen molar-refractivity contribution in [3.05, 3.63) is 46.8 Å². The summed E-state index contributed by atoms with van der Waals surface area (Å²) in [6.45, 7) is 9.82. The van der Waals surface area contributed by atoms with E-state index in [0.29, 0.717) is 0 Å². The molecule has 0 aromatic rings. The summed E-state index contributed by atoms with van der Waals surface area (Å²) in [7, 11) is 0. The molecule has 0 aromatic carbocycles.